The van der Waals surface area contributed by atoms with Crippen molar-refractivity contribution in [1.29, 1.82) is 0 Å². The van der Waals surface area contributed by atoms with Crippen molar-refractivity contribution in [3.63, 3.8) is 0 Å². The van der Waals surface area contributed by atoms with Crippen LogP contribution in [0.25, 0.3) is 0 Å². The van der Waals surface area contributed by atoms with Gasteiger partial charge in [-0.1, -0.05) is 24.3 Å². The van der Waals surface area contributed by atoms with Gasteiger partial charge in [-0.05, 0) is 43.2 Å². The minimum absolute atomic E-state index is 0.0170. The lowest BCUT2D eigenvalue weighted by molar-refractivity contribution is -0.150. The number of fused-ring (bicyclic) bond motifs is 1. The number of hydrogen-bond acceptors (Lipinski definition) is 2. The molecule has 2 aliphatic carbocycles. The number of carbonyl (C=O) groups is 2. The van der Waals surface area contributed by atoms with Gasteiger partial charge < -0.3 is 10.2 Å². The Balaban J connectivity index is 1.53. The molecule has 4 heteroatoms. The van der Waals surface area contributed by atoms with Gasteiger partial charge in [0, 0.05) is 12.5 Å². The Labute approximate surface area is 124 Å². The molecule has 2 amide bonds. The van der Waals surface area contributed by atoms with Crippen LogP contribution in [0.15, 0.2) is 24.3 Å². The maximum Gasteiger partial charge on any atom is 0.248 e. The number of nitrogens with zero attached hydrogens (tertiary/aromatic N) is 1. The Kier molecular flexibility index (Phi) is 2.65. The summed E-state index contributed by atoms with van der Waals surface area (Å²) in [5.74, 6) is 0.801. The first kappa shape index (κ1) is 12.9. The summed E-state index contributed by atoms with van der Waals surface area (Å²) in [5.41, 5.74) is 2.05. The van der Waals surface area contributed by atoms with Crippen LogP contribution >= 0.6 is 0 Å². The van der Waals surface area contributed by atoms with Crippen molar-refractivity contribution < 1.29 is 9.59 Å². The van der Waals surface area contributed by atoms with E-state index in [1.165, 1.54) is 11.1 Å². The molecule has 2 unspecified atom stereocenters. The van der Waals surface area contributed by atoms with E-state index in [9.17, 15) is 9.59 Å². The highest BCUT2D eigenvalue weighted by Crippen LogP contribution is 2.42. The van der Waals surface area contributed by atoms with Crippen molar-refractivity contribution in [2.24, 2.45) is 5.92 Å². The number of hydrogen-bond donors (Lipinski definition) is 1. The summed E-state index contributed by atoms with van der Waals surface area (Å²) in [7, 11) is 0. The average Bonchev–Trinajstić information content (AvgIpc) is 3.26. The summed E-state index contributed by atoms with van der Waals surface area (Å²) in [6.07, 6.45) is 3.10. The molecule has 4 nitrogen and oxygen atoms in total. The zero-order valence-corrected chi connectivity index (χ0v) is 12.3. The number of piperazine rings is 1. The normalized spacial score (nSPS) is 31.5. The first-order valence-electron chi connectivity index (χ1n) is 7.76. The Morgan fingerprint density at radius 1 is 1.29 bits per heavy atom. The van der Waals surface area contributed by atoms with Gasteiger partial charge in [-0.25, -0.2) is 0 Å². The van der Waals surface area contributed by atoms with E-state index in [-0.39, 0.29) is 18.4 Å². The van der Waals surface area contributed by atoms with Gasteiger partial charge in [-0.2, -0.15) is 0 Å². The number of rotatable bonds is 3. The number of nitrogens with one attached hydrogen (secondary N) is 1. The van der Waals surface area contributed by atoms with E-state index < -0.39 is 5.54 Å². The van der Waals surface area contributed by atoms with Gasteiger partial charge in [0.15, 0.2) is 0 Å². The van der Waals surface area contributed by atoms with Crippen LogP contribution in [0, 0.1) is 5.92 Å². The number of amides is 2. The van der Waals surface area contributed by atoms with Crippen LogP contribution in [0.5, 0.6) is 0 Å². The van der Waals surface area contributed by atoms with Gasteiger partial charge in [0.1, 0.15) is 5.54 Å². The van der Waals surface area contributed by atoms with E-state index in [0.717, 1.165) is 19.3 Å². The van der Waals surface area contributed by atoms with Crippen LogP contribution in [-0.4, -0.2) is 35.3 Å². The lowest BCUT2D eigenvalue weighted by Gasteiger charge is -2.43. The van der Waals surface area contributed by atoms with Crippen LogP contribution in [0.3, 0.4) is 0 Å². The summed E-state index contributed by atoms with van der Waals surface area (Å²) >= 11 is 0. The highest BCUT2D eigenvalue weighted by atomic mass is 16.2. The summed E-state index contributed by atoms with van der Waals surface area (Å²) in [4.78, 5) is 26.5. The van der Waals surface area contributed by atoms with E-state index in [2.05, 4.69) is 23.5 Å². The third-order valence-corrected chi connectivity index (χ3v) is 5.26. The van der Waals surface area contributed by atoms with E-state index in [1.807, 2.05) is 13.0 Å². The largest absolute Gasteiger partial charge is 0.340 e. The smallest absolute Gasteiger partial charge is 0.248 e. The third kappa shape index (κ3) is 1.96. The predicted molar refractivity (Wildman–Crippen MR) is 78.7 cm³/mol. The SMILES string of the molecule is CC1(C2CC2)NC(=O)CN(CC2Cc3ccccc32)C1=O. The molecule has 1 N–H and O–H groups in total. The fraction of sp³-hybridized carbons (Fsp3) is 0.529. The maximum atomic E-state index is 12.8. The molecule has 2 fully saturated rings. The van der Waals surface area contributed by atoms with Crippen molar-refractivity contribution >= 4 is 11.8 Å². The molecular formula is C17H20N2O2. The second-order valence-corrected chi connectivity index (χ2v) is 6.81. The van der Waals surface area contributed by atoms with Crippen LogP contribution in [0.2, 0.25) is 0 Å². The van der Waals surface area contributed by atoms with Crippen LogP contribution in [0.4, 0.5) is 0 Å². The summed E-state index contributed by atoms with van der Waals surface area (Å²) < 4.78 is 0. The molecule has 1 aliphatic heterocycles. The van der Waals surface area contributed by atoms with Gasteiger partial charge in [0.05, 0.1) is 6.54 Å². The Morgan fingerprint density at radius 2 is 2.05 bits per heavy atom. The number of benzene rings is 1. The Bertz CT molecular complexity index is 623. The summed E-state index contributed by atoms with van der Waals surface area (Å²) in [6, 6.07) is 8.38. The van der Waals surface area contributed by atoms with Crippen molar-refractivity contribution in [1.82, 2.24) is 10.2 Å². The highest BCUT2D eigenvalue weighted by Gasteiger charge is 2.52. The molecule has 4 rings (SSSR count). The van der Waals surface area contributed by atoms with E-state index in [0.29, 0.717) is 18.4 Å². The molecule has 1 heterocycles. The third-order valence-electron chi connectivity index (χ3n) is 5.26. The molecule has 1 aromatic carbocycles. The second-order valence-electron chi connectivity index (χ2n) is 6.81. The minimum Gasteiger partial charge on any atom is -0.340 e. The Morgan fingerprint density at radius 3 is 2.76 bits per heavy atom. The fourth-order valence-corrected chi connectivity index (χ4v) is 3.83. The first-order chi connectivity index (χ1) is 10.1. The van der Waals surface area contributed by atoms with Gasteiger partial charge in [-0.3, -0.25) is 9.59 Å². The zero-order valence-electron chi connectivity index (χ0n) is 12.3. The van der Waals surface area contributed by atoms with Gasteiger partial charge in [0.2, 0.25) is 11.8 Å². The van der Waals surface area contributed by atoms with Crippen LogP contribution in [0.1, 0.15) is 36.8 Å². The molecule has 110 valence electrons. The fourth-order valence-electron chi connectivity index (χ4n) is 3.83. The van der Waals surface area contributed by atoms with Crippen molar-refractivity contribution in [3.05, 3.63) is 35.4 Å². The standard InChI is InChI=1S/C17H20N2O2/c1-17(13-6-7-13)16(21)19(10-15(20)18-17)9-12-8-11-4-2-3-5-14(11)12/h2-5,12-13H,6-10H2,1H3,(H,18,20). The lowest BCUT2D eigenvalue weighted by atomic mass is 9.77. The van der Waals surface area contributed by atoms with Crippen LogP contribution in [-0.2, 0) is 16.0 Å². The van der Waals surface area contributed by atoms with Gasteiger partial charge in [-0.15, -0.1) is 0 Å². The van der Waals surface area contributed by atoms with Crippen LogP contribution < -0.4 is 5.32 Å². The molecule has 0 bridgehead atoms. The van der Waals surface area contributed by atoms with E-state index in [1.54, 1.807) is 4.90 Å². The summed E-state index contributed by atoms with van der Waals surface area (Å²) in [5, 5.41) is 2.93. The monoisotopic (exact) mass is 284 g/mol. The predicted octanol–water partition coefficient (Wildman–Crippen LogP) is 1.45. The molecule has 21 heavy (non-hydrogen) atoms. The van der Waals surface area contributed by atoms with E-state index in [4.69, 9.17) is 0 Å². The highest BCUT2D eigenvalue weighted by molar-refractivity contribution is 5.98. The van der Waals surface area contributed by atoms with Gasteiger partial charge >= 0.3 is 0 Å². The summed E-state index contributed by atoms with van der Waals surface area (Å²) in [6.45, 7) is 2.77. The molecule has 1 saturated carbocycles. The molecule has 1 aromatic rings. The lowest BCUT2D eigenvalue weighted by Crippen LogP contribution is -2.66. The van der Waals surface area contributed by atoms with Gasteiger partial charge in [0.25, 0.3) is 0 Å². The number of carbonyl (C=O) groups excluding carboxylic acids is 2. The topological polar surface area (TPSA) is 49.4 Å². The van der Waals surface area contributed by atoms with E-state index >= 15 is 0 Å². The first-order valence-corrected chi connectivity index (χ1v) is 7.76. The molecule has 1 saturated heterocycles. The maximum absolute atomic E-state index is 12.8. The zero-order chi connectivity index (χ0) is 14.6. The second kappa shape index (κ2) is 4.33. The van der Waals surface area contributed by atoms with Crippen molar-refractivity contribution in [2.45, 2.75) is 37.6 Å². The molecule has 0 radical (unpaired) electrons. The van der Waals surface area contributed by atoms with Crippen molar-refractivity contribution in [2.75, 3.05) is 13.1 Å². The molecule has 2 atom stereocenters. The Hall–Kier alpha value is -1.84. The van der Waals surface area contributed by atoms with Crippen molar-refractivity contribution in [3.8, 4) is 0 Å². The average molecular weight is 284 g/mol. The quantitative estimate of drug-likeness (QED) is 0.913. The minimum atomic E-state index is -0.668. The molecule has 0 spiro atoms. The molecule has 3 aliphatic rings. The molecule has 0 aromatic heterocycles. The molecular weight excluding hydrogens is 264 g/mol.